The highest BCUT2D eigenvalue weighted by atomic mass is 35.5. The van der Waals surface area contributed by atoms with Gasteiger partial charge in [0.2, 0.25) is 18.3 Å². The Bertz CT molecular complexity index is 1500. The molecular weight excluding hydrogens is 641 g/mol. The number of halogens is 6. The predicted molar refractivity (Wildman–Crippen MR) is 174 cm³/mol. The topological polar surface area (TPSA) is 95.5 Å². The highest BCUT2D eigenvalue weighted by Crippen LogP contribution is 2.45. The first-order valence-electron chi connectivity index (χ1n) is 16.1. The van der Waals surface area contributed by atoms with Gasteiger partial charge in [-0.25, -0.2) is 18.8 Å². The molecule has 13 heteroatoms. The fourth-order valence-corrected chi connectivity index (χ4v) is 6.24. The first-order chi connectivity index (χ1) is 22.0. The third-order valence-electron chi connectivity index (χ3n) is 9.04. The summed E-state index contributed by atoms with van der Waals surface area (Å²) in [4.78, 5) is 33.6. The summed E-state index contributed by atoms with van der Waals surface area (Å²) >= 11 is 6.78. The molecule has 2 fully saturated rings. The number of rotatable bonds is 5. The van der Waals surface area contributed by atoms with Crippen molar-refractivity contribution >= 4 is 40.8 Å². The molecule has 1 aromatic heterocycles. The van der Waals surface area contributed by atoms with E-state index in [2.05, 4.69) is 27.9 Å². The van der Waals surface area contributed by atoms with Gasteiger partial charge in [-0.3, -0.25) is 9.59 Å². The van der Waals surface area contributed by atoms with Crippen LogP contribution in [0.1, 0.15) is 105 Å². The average Bonchev–Trinajstić information content (AvgIpc) is 3.85. The number of hydrogen-bond acceptors (Lipinski definition) is 6. The van der Waals surface area contributed by atoms with E-state index in [1.54, 1.807) is 6.92 Å². The van der Waals surface area contributed by atoms with Gasteiger partial charge in [0.1, 0.15) is 5.82 Å². The van der Waals surface area contributed by atoms with Crippen LogP contribution in [0.25, 0.3) is 0 Å². The van der Waals surface area contributed by atoms with Crippen LogP contribution in [0.2, 0.25) is 5.02 Å². The smallest absolute Gasteiger partial charge is 0.352 e. The van der Waals surface area contributed by atoms with Crippen LogP contribution in [-0.4, -0.2) is 35.2 Å². The lowest BCUT2D eigenvalue weighted by atomic mass is 9.83. The van der Waals surface area contributed by atoms with Crippen LogP contribution < -0.4 is 16.0 Å². The van der Waals surface area contributed by atoms with Crippen LogP contribution in [0.4, 0.5) is 33.5 Å². The molecule has 1 unspecified atom stereocenters. The van der Waals surface area contributed by atoms with E-state index in [1.165, 1.54) is 6.92 Å². The number of fused-ring (bicyclic) bond motifs is 4. The molecule has 47 heavy (non-hydrogen) atoms. The SMILES string of the molecule is CC(=O)c1cc2c(nc1C)NC1=NC(C)(C2)c2ccc(CNC(=O)C3CC3)c(Cl)c2N1.CC1CCC(C(F)(F)F)CC1.CCC(F)F. The van der Waals surface area contributed by atoms with E-state index in [0.717, 1.165) is 48.1 Å². The number of nitrogens with zero attached hydrogens (tertiary/aromatic N) is 2. The molecular formula is C34H43ClF5N5O2. The fourth-order valence-electron chi connectivity index (χ4n) is 5.96. The number of anilines is 2. The summed E-state index contributed by atoms with van der Waals surface area (Å²) in [5.74, 6) is 0.980. The van der Waals surface area contributed by atoms with Crippen molar-refractivity contribution in [3.05, 3.63) is 51.2 Å². The van der Waals surface area contributed by atoms with Crippen molar-refractivity contribution in [1.29, 1.82) is 0 Å². The fraction of sp³-hybridized carbons (Fsp3) is 0.588. The number of aryl methyl sites for hydroxylation is 1. The van der Waals surface area contributed by atoms with E-state index < -0.39 is 24.1 Å². The van der Waals surface area contributed by atoms with E-state index in [1.807, 2.05) is 32.0 Å². The number of carbonyl (C=O) groups excluding carboxylic acids is 2. The van der Waals surface area contributed by atoms with Crippen molar-refractivity contribution in [2.45, 2.75) is 111 Å². The Balaban J connectivity index is 0.000000259. The second-order valence-electron chi connectivity index (χ2n) is 13.1. The lowest BCUT2D eigenvalue weighted by Gasteiger charge is -2.33. The minimum atomic E-state index is -3.94. The van der Waals surface area contributed by atoms with Gasteiger partial charge in [-0.1, -0.05) is 50.4 Å². The molecule has 3 N–H and O–H groups in total. The maximum absolute atomic E-state index is 12.1. The third-order valence-corrected chi connectivity index (χ3v) is 9.47. The van der Waals surface area contributed by atoms with E-state index >= 15 is 0 Å². The number of ketones is 1. The lowest BCUT2D eigenvalue weighted by Crippen LogP contribution is -2.34. The van der Waals surface area contributed by atoms with Crippen molar-refractivity contribution in [2.24, 2.45) is 22.7 Å². The third kappa shape index (κ3) is 9.21. The van der Waals surface area contributed by atoms with Gasteiger partial charge < -0.3 is 16.0 Å². The largest absolute Gasteiger partial charge is 0.391 e. The molecule has 2 aliphatic heterocycles. The number of aromatic nitrogens is 1. The quantitative estimate of drug-likeness (QED) is 0.216. The summed E-state index contributed by atoms with van der Waals surface area (Å²) in [5, 5.41) is 10.1. The number of aliphatic imine (C=N–C) groups is 1. The van der Waals surface area contributed by atoms with Crippen LogP contribution >= 0.6 is 11.6 Å². The van der Waals surface area contributed by atoms with E-state index in [0.29, 0.717) is 59.8 Å². The highest BCUT2D eigenvalue weighted by molar-refractivity contribution is 6.35. The predicted octanol–water partition coefficient (Wildman–Crippen LogP) is 8.97. The molecule has 1 aromatic carbocycles. The number of amides is 1. The second kappa shape index (κ2) is 14.9. The Hall–Kier alpha value is -3.28. The summed E-state index contributed by atoms with van der Waals surface area (Å²) in [6.45, 7) is 9.31. The Morgan fingerprint density at radius 2 is 1.74 bits per heavy atom. The van der Waals surface area contributed by atoms with Gasteiger partial charge in [-0.15, -0.1) is 0 Å². The zero-order chi connectivity index (χ0) is 34.7. The van der Waals surface area contributed by atoms with Gasteiger partial charge in [0.25, 0.3) is 0 Å². The van der Waals surface area contributed by atoms with Gasteiger partial charge in [0.15, 0.2) is 5.78 Å². The molecule has 0 saturated heterocycles. The number of Topliss-reactive ketones (excluding diaryl/α,β-unsaturated/α-hetero) is 1. The maximum Gasteiger partial charge on any atom is 0.391 e. The second-order valence-corrected chi connectivity index (χ2v) is 13.5. The number of guanidine groups is 1. The minimum absolute atomic E-state index is 0.00535. The summed E-state index contributed by atoms with van der Waals surface area (Å²) < 4.78 is 57.7. The molecule has 1 atom stereocenters. The Morgan fingerprint density at radius 1 is 1.11 bits per heavy atom. The Morgan fingerprint density at radius 3 is 2.30 bits per heavy atom. The zero-order valence-corrected chi connectivity index (χ0v) is 28.1. The molecule has 258 valence electrons. The monoisotopic (exact) mass is 683 g/mol. The molecule has 6 rings (SSSR count). The summed E-state index contributed by atoms with van der Waals surface area (Å²) in [5.41, 5.74) is 4.29. The van der Waals surface area contributed by atoms with E-state index in [4.69, 9.17) is 16.6 Å². The van der Waals surface area contributed by atoms with E-state index in [-0.39, 0.29) is 24.0 Å². The van der Waals surface area contributed by atoms with Crippen LogP contribution in [0.3, 0.4) is 0 Å². The molecule has 2 saturated carbocycles. The van der Waals surface area contributed by atoms with Crippen molar-refractivity contribution in [2.75, 3.05) is 10.6 Å². The number of benzene rings is 1. The van der Waals surface area contributed by atoms with Crippen LogP contribution in [0.15, 0.2) is 23.2 Å². The van der Waals surface area contributed by atoms with E-state index in [9.17, 15) is 31.5 Å². The molecule has 0 spiro atoms. The molecule has 2 bridgehead atoms. The maximum atomic E-state index is 12.1. The van der Waals surface area contributed by atoms with Gasteiger partial charge >= 0.3 is 6.18 Å². The van der Waals surface area contributed by atoms with Crippen molar-refractivity contribution in [3.8, 4) is 0 Å². The molecule has 1 amide bonds. The van der Waals surface area contributed by atoms with Crippen molar-refractivity contribution < 1.29 is 31.5 Å². The lowest BCUT2D eigenvalue weighted by molar-refractivity contribution is -0.183. The first kappa shape index (κ1) is 36.6. The number of carbonyl (C=O) groups is 2. The highest BCUT2D eigenvalue weighted by Gasteiger charge is 2.41. The van der Waals surface area contributed by atoms with Crippen LogP contribution in [-0.2, 0) is 23.3 Å². The van der Waals surface area contributed by atoms with Crippen molar-refractivity contribution in [3.63, 3.8) is 0 Å². The molecule has 3 heterocycles. The molecule has 0 radical (unpaired) electrons. The number of alkyl halides is 5. The number of pyridine rings is 1. The van der Waals surface area contributed by atoms with Gasteiger partial charge in [-0.2, -0.15) is 13.2 Å². The minimum Gasteiger partial charge on any atom is -0.352 e. The number of nitrogens with one attached hydrogen (secondary N) is 3. The van der Waals surface area contributed by atoms with Gasteiger partial charge in [0, 0.05) is 36.4 Å². The summed E-state index contributed by atoms with van der Waals surface area (Å²) in [6, 6.07) is 5.89. The van der Waals surface area contributed by atoms with Gasteiger partial charge in [-0.05, 0) is 69.6 Å². The molecule has 2 aromatic rings. The summed E-state index contributed by atoms with van der Waals surface area (Å²) in [6.07, 6.45) is -1.42. The normalized spacial score (nSPS) is 22.8. The summed E-state index contributed by atoms with van der Waals surface area (Å²) in [7, 11) is 0. The Kier molecular flexibility index (Phi) is 11.6. The van der Waals surface area contributed by atoms with Crippen LogP contribution in [0, 0.1) is 24.7 Å². The van der Waals surface area contributed by atoms with Crippen molar-refractivity contribution in [1.82, 2.24) is 10.3 Å². The average molecular weight is 684 g/mol. The Labute approximate surface area is 277 Å². The zero-order valence-electron chi connectivity index (χ0n) is 27.4. The molecule has 2 aliphatic carbocycles. The van der Waals surface area contributed by atoms with Gasteiger partial charge in [0.05, 0.1) is 27.9 Å². The first-order valence-corrected chi connectivity index (χ1v) is 16.5. The molecule has 7 nitrogen and oxygen atoms in total. The van der Waals surface area contributed by atoms with Crippen LogP contribution in [0.5, 0.6) is 0 Å². The number of hydrogen-bond donors (Lipinski definition) is 3. The molecule has 4 aliphatic rings. The standard InChI is InChI=1S/C23H24ClN5O2.C8H13F3.C3H6F2/c1-11-16(12(2)30)8-15-9-23(3)17-7-6-14(10-25-21(31)13-4-5-13)18(24)19(17)27-22(29-23)28-20(15)26-11;1-6-2-4-7(5-3-6)8(9,10)11;1-2-3(4)5/h6-8,13H,4-5,9-10H2,1-3H3,(H,25,31)(H2,26,27,28,29);6-7H,2-5H2,1H3;3H,2H2,1H3.